The number of halogens is 1. The van der Waals surface area contributed by atoms with Crippen LogP contribution in [0.15, 0.2) is 29.6 Å². The van der Waals surface area contributed by atoms with Crippen LogP contribution in [0, 0.1) is 0 Å². The number of ether oxygens (including phenoxy) is 2. The van der Waals surface area contributed by atoms with Crippen molar-refractivity contribution >= 4 is 22.9 Å². The monoisotopic (exact) mass is 297 g/mol. The lowest BCUT2D eigenvalue weighted by Gasteiger charge is -2.13. The third-order valence-corrected chi connectivity index (χ3v) is 3.92. The Morgan fingerprint density at radius 3 is 2.84 bits per heavy atom. The lowest BCUT2D eigenvalue weighted by Crippen LogP contribution is -2.04. The number of nitrogens with two attached hydrogens (primary N) is 1. The molecule has 0 aliphatic rings. The highest BCUT2D eigenvalue weighted by Crippen LogP contribution is 2.36. The van der Waals surface area contributed by atoms with Gasteiger partial charge in [-0.2, -0.15) is 0 Å². The number of hydrogen-bond acceptors (Lipinski definition) is 4. The first kappa shape index (κ1) is 14.2. The second kappa shape index (κ2) is 6.80. The van der Waals surface area contributed by atoms with E-state index in [0.29, 0.717) is 29.7 Å². The third-order valence-electron chi connectivity index (χ3n) is 2.70. The van der Waals surface area contributed by atoms with E-state index >= 15 is 0 Å². The van der Waals surface area contributed by atoms with Gasteiger partial charge in [0.2, 0.25) is 0 Å². The molecule has 1 aromatic carbocycles. The molecule has 0 saturated heterocycles. The standard InChI is InChI=1S/C14H16ClNO2S/c1-17-13-8-10(9-16)7-12(15)14(13)18-5-4-11-3-2-6-19-11/h2-3,6-8H,4-5,9,16H2,1H3. The normalized spacial score (nSPS) is 10.5. The molecule has 5 heteroatoms. The highest BCUT2D eigenvalue weighted by atomic mass is 35.5. The van der Waals surface area contributed by atoms with Crippen molar-refractivity contribution in [3.63, 3.8) is 0 Å². The Morgan fingerprint density at radius 1 is 1.37 bits per heavy atom. The molecular weight excluding hydrogens is 282 g/mol. The Hall–Kier alpha value is -1.23. The second-order valence-electron chi connectivity index (χ2n) is 3.99. The summed E-state index contributed by atoms with van der Waals surface area (Å²) in [5.41, 5.74) is 6.53. The second-order valence-corrected chi connectivity index (χ2v) is 5.43. The molecule has 1 heterocycles. The van der Waals surface area contributed by atoms with E-state index in [9.17, 15) is 0 Å². The minimum Gasteiger partial charge on any atom is -0.493 e. The van der Waals surface area contributed by atoms with Crippen LogP contribution in [0.25, 0.3) is 0 Å². The van der Waals surface area contributed by atoms with Crippen LogP contribution in [-0.4, -0.2) is 13.7 Å². The minimum atomic E-state index is 0.422. The molecule has 3 nitrogen and oxygen atoms in total. The summed E-state index contributed by atoms with van der Waals surface area (Å²) in [5.74, 6) is 1.21. The van der Waals surface area contributed by atoms with Gasteiger partial charge in [0.15, 0.2) is 11.5 Å². The number of hydrogen-bond donors (Lipinski definition) is 1. The maximum absolute atomic E-state index is 6.19. The van der Waals surface area contributed by atoms with Crippen LogP contribution in [0.5, 0.6) is 11.5 Å². The molecule has 0 unspecified atom stereocenters. The molecule has 0 amide bonds. The smallest absolute Gasteiger partial charge is 0.179 e. The minimum absolute atomic E-state index is 0.422. The first-order valence-electron chi connectivity index (χ1n) is 5.96. The largest absolute Gasteiger partial charge is 0.493 e. The molecule has 0 aliphatic heterocycles. The summed E-state index contributed by atoms with van der Waals surface area (Å²) in [6.45, 7) is 0.990. The quantitative estimate of drug-likeness (QED) is 0.887. The van der Waals surface area contributed by atoms with Crippen molar-refractivity contribution in [3.8, 4) is 11.5 Å². The molecule has 102 valence electrons. The van der Waals surface area contributed by atoms with Crippen molar-refractivity contribution in [3.05, 3.63) is 45.1 Å². The summed E-state index contributed by atoms with van der Waals surface area (Å²) >= 11 is 7.91. The van der Waals surface area contributed by atoms with Crippen molar-refractivity contribution in [2.24, 2.45) is 5.73 Å². The van der Waals surface area contributed by atoms with Crippen molar-refractivity contribution in [2.45, 2.75) is 13.0 Å². The summed E-state index contributed by atoms with van der Waals surface area (Å²) in [4.78, 5) is 1.29. The Kier molecular flexibility index (Phi) is 5.07. The Bertz CT molecular complexity index is 528. The summed E-state index contributed by atoms with van der Waals surface area (Å²) < 4.78 is 11.0. The molecule has 2 N–H and O–H groups in total. The molecule has 19 heavy (non-hydrogen) atoms. The van der Waals surface area contributed by atoms with Crippen LogP contribution in [-0.2, 0) is 13.0 Å². The first-order chi connectivity index (χ1) is 9.24. The number of thiophene rings is 1. The molecule has 1 aromatic heterocycles. The van der Waals surface area contributed by atoms with Crippen LogP contribution in [0.1, 0.15) is 10.4 Å². The predicted octanol–water partition coefficient (Wildman–Crippen LogP) is 3.49. The van der Waals surface area contributed by atoms with Crippen molar-refractivity contribution in [1.29, 1.82) is 0 Å². The molecule has 0 aliphatic carbocycles. The van der Waals surface area contributed by atoms with Gasteiger partial charge >= 0.3 is 0 Å². The molecule has 2 aromatic rings. The molecule has 2 rings (SSSR count). The zero-order valence-electron chi connectivity index (χ0n) is 10.7. The Morgan fingerprint density at radius 2 is 2.21 bits per heavy atom. The van der Waals surface area contributed by atoms with Crippen molar-refractivity contribution in [1.82, 2.24) is 0 Å². The van der Waals surface area contributed by atoms with Crippen LogP contribution in [0.3, 0.4) is 0 Å². The van der Waals surface area contributed by atoms with Gasteiger partial charge in [0.25, 0.3) is 0 Å². The third kappa shape index (κ3) is 3.62. The molecule has 0 bridgehead atoms. The van der Waals surface area contributed by atoms with Gasteiger partial charge in [0.05, 0.1) is 18.7 Å². The predicted molar refractivity (Wildman–Crippen MR) is 79.4 cm³/mol. The van der Waals surface area contributed by atoms with E-state index in [-0.39, 0.29) is 0 Å². The number of benzene rings is 1. The van der Waals surface area contributed by atoms with E-state index < -0.39 is 0 Å². The van der Waals surface area contributed by atoms with Crippen molar-refractivity contribution in [2.75, 3.05) is 13.7 Å². The molecule has 0 spiro atoms. The molecule has 0 atom stereocenters. The van der Waals surface area contributed by atoms with Gasteiger partial charge < -0.3 is 15.2 Å². The van der Waals surface area contributed by atoms with Crippen LogP contribution < -0.4 is 15.2 Å². The van der Waals surface area contributed by atoms with Gasteiger partial charge in [0.1, 0.15) is 0 Å². The summed E-state index contributed by atoms with van der Waals surface area (Å²) in [5, 5.41) is 2.59. The van der Waals surface area contributed by atoms with E-state index in [1.54, 1.807) is 18.4 Å². The van der Waals surface area contributed by atoms with E-state index in [1.807, 2.05) is 18.2 Å². The fourth-order valence-corrected chi connectivity index (χ4v) is 2.72. The first-order valence-corrected chi connectivity index (χ1v) is 7.22. The maximum Gasteiger partial charge on any atom is 0.179 e. The van der Waals surface area contributed by atoms with Gasteiger partial charge in [-0.15, -0.1) is 11.3 Å². The lowest BCUT2D eigenvalue weighted by atomic mass is 10.2. The average Bonchev–Trinajstić information content (AvgIpc) is 2.93. The fraction of sp³-hybridized carbons (Fsp3) is 0.286. The highest BCUT2D eigenvalue weighted by molar-refractivity contribution is 7.09. The Balaban J connectivity index is 2.06. The van der Waals surface area contributed by atoms with Gasteiger partial charge in [-0.1, -0.05) is 17.7 Å². The molecular formula is C14H16ClNO2S. The number of rotatable bonds is 6. The van der Waals surface area contributed by atoms with Crippen LogP contribution >= 0.6 is 22.9 Å². The van der Waals surface area contributed by atoms with Gasteiger partial charge in [0, 0.05) is 17.8 Å². The lowest BCUT2D eigenvalue weighted by molar-refractivity contribution is 0.298. The van der Waals surface area contributed by atoms with E-state index in [4.69, 9.17) is 26.8 Å². The maximum atomic E-state index is 6.19. The SMILES string of the molecule is COc1cc(CN)cc(Cl)c1OCCc1cccs1. The number of methoxy groups -OCH3 is 1. The summed E-state index contributed by atoms with van der Waals surface area (Å²) in [6, 6.07) is 7.78. The zero-order chi connectivity index (χ0) is 13.7. The topological polar surface area (TPSA) is 44.5 Å². The van der Waals surface area contributed by atoms with E-state index in [0.717, 1.165) is 12.0 Å². The van der Waals surface area contributed by atoms with Crippen LogP contribution in [0.4, 0.5) is 0 Å². The van der Waals surface area contributed by atoms with Crippen molar-refractivity contribution < 1.29 is 9.47 Å². The fourth-order valence-electron chi connectivity index (χ4n) is 1.74. The molecule has 0 fully saturated rings. The summed E-state index contributed by atoms with van der Waals surface area (Å²) in [7, 11) is 1.60. The van der Waals surface area contributed by atoms with Gasteiger partial charge in [-0.3, -0.25) is 0 Å². The van der Waals surface area contributed by atoms with Crippen LogP contribution in [0.2, 0.25) is 5.02 Å². The zero-order valence-corrected chi connectivity index (χ0v) is 12.3. The van der Waals surface area contributed by atoms with E-state index in [2.05, 4.69) is 11.4 Å². The molecule has 0 saturated carbocycles. The summed E-state index contributed by atoms with van der Waals surface area (Å²) in [6.07, 6.45) is 0.857. The molecule has 0 radical (unpaired) electrons. The van der Waals surface area contributed by atoms with Gasteiger partial charge in [-0.25, -0.2) is 0 Å². The van der Waals surface area contributed by atoms with Gasteiger partial charge in [-0.05, 0) is 29.1 Å². The highest BCUT2D eigenvalue weighted by Gasteiger charge is 2.11. The average molecular weight is 298 g/mol. The Labute approximate surface area is 121 Å². The van der Waals surface area contributed by atoms with E-state index in [1.165, 1.54) is 4.88 Å².